The summed E-state index contributed by atoms with van der Waals surface area (Å²) in [7, 11) is 0. The first-order valence-electron chi connectivity index (χ1n) is 5.46. The summed E-state index contributed by atoms with van der Waals surface area (Å²) in [5, 5.41) is 9.55. The number of pyridine rings is 1. The van der Waals surface area contributed by atoms with Gasteiger partial charge in [-0.25, -0.2) is 0 Å². The highest BCUT2D eigenvalue weighted by Crippen LogP contribution is 2.09. The van der Waals surface area contributed by atoms with E-state index in [2.05, 4.69) is 23.7 Å². The largest absolute Gasteiger partial charge is 0.392 e. The molecule has 3 nitrogen and oxygen atoms in total. The van der Waals surface area contributed by atoms with Gasteiger partial charge < -0.3 is 5.11 Å². The van der Waals surface area contributed by atoms with E-state index in [0.29, 0.717) is 0 Å². The van der Waals surface area contributed by atoms with Gasteiger partial charge in [0.2, 0.25) is 0 Å². The van der Waals surface area contributed by atoms with Crippen LogP contribution < -0.4 is 0 Å². The molecule has 84 valence electrons. The summed E-state index contributed by atoms with van der Waals surface area (Å²) in [5.74, 6) is 0. The number of rotatable bonds is 5. The van der Waals surface area contributed by atoms with Crippen LogP contribution in [0.3, 0.4) is 0 Å². The molecule has 0 amide bonds. The number of hydrogen-bond acceptors (Lipinski definition) is 3. The van der Waals surface area contributed by atoms with Gasteiger partial charge in [-0.3, -0.25) is 9.88 Å². The molecule has 0 spiro atoms. The zero-order valence-corrected chi connectivity index (χ0v) is 9.72. The van der Waals surface area contributed by atoms with Gasteiger partial charge in [0.1, 0.15) is 0 Å². The number of aromatic nitrogens is 1. The Bertz CT molecular complexity index is 274. The third kappa shape index (κ3) is 3.61. The highest BCUT2D eigenvalue weighted by atomic mass is 16.3. The van der Waals surface area contributed by atoms with Gasteiger partial charge in [-0.05, 0) is 38.1 Å². The van der Waals surface area contributed by atoms with Crippen molar-refractivity contribution in [1.29, 1.82) is 0 Å². The summed E-state index contributed by atoms with van der Waals surface area (Å²) in [5.41, 5.74) is 1.24. The second-order valence-electron chi connectivity index (χ2n) is 3.90. The molecule has 2 unspecified atom stereocenters. The Labute approximate surface area is 91.8 Å². The molecule has 15 heavy (non-hydrogen) atoms. The summed E-state index contributed by atoms with van der Waals surface area (Å²) in [6.45, 7) is 7.80. The normalized spacial score (nSPS) is 15.3. The van der Waals surface area contributed by atoms with E-state index < -0.39 is 0 Å². The first-order valence-corrected chi connectivity index (χ1v) is 5.46. The van der Waals surface area contributed by atoms with Gasteiger partial charge in [-0.1, -0.05) is 6.92 Å². The van der Waals surface area contributed by atoms with E-state index in [0.717, 1.165) is 13.1 Å². The summed E-state index contributed by atoms with van der Waals surface area (Å²) in [6.07, 6.45) is 3.30. The first kappa shape index (κ1) is 12.1. The monoisotopic (exact) mass is 208 g/mol. The third-order valence-electron chi connectivity index (χ3n) is 2.82. The maximum Gasteiger partial charge on any atom is 0.0664 e. The third-order valence-corrected chi connectivity index (χ3v) is 2.82. The Morgan fingerprint density at radius 1 is 1.33 bits per heavy atom. The maximum atomic E-state index is 9.55. The topological polar surface area (TPSA) is 36.4 Å². The van der Waals surface area contributed by atoms with Gasteiger partial charge >= 0.3 is 0 Å². The molecule has 1 N–H and O–H groups in total. The maximum absolute atomic E-state index is 9.55. The van der Waals surface area contributed by atoms with Crippen LogP contribution in [0.25, 0.3) is 0 Å². The molecule has 3 heteroatoms. The van der Waals surface area contributed by atoms with Crippen molar-refractivity contribution in [3.8, 4) is 0 Å². The standard InChI is InChI=1S/C12H20N2O/c1-4-14(10(2)11(3)15)9-12-5-7-13-8-6-12/h5-8,10-11,15H,4,9H2,1-3H3. The number of aliphatic hydroxyl groups excluding tert-OH is 1. The average Bonchev–Trinajstić information content (AvgIpc) is 2.26. The van der Waals surface area contributed by atoms with Crippen molar-refractivity contribution in [2.75, 3.05) is 6.54 Å². The SMILES string of the molecule is CCN(Cc1ccncc1)C(C)C(C)O. The number of aliphatic hydroxyl groups is 1. The predicted molar refractivity (Wildman–Crippen MR) is 61.5 cm³/mol. The highest BCUT2D eigenvalue weighted by Gasteiger charge is 2.16. The minimum absolute atomic E-state index is 0.183. The van der Waals surface area contributed by atoms with Gasteiger partial charge in [0.15, 0.2) is 0 Å². The molecular formula is C12H20N2O. The summed E-state index contributed by atoms with van der Waals surface area (Å²) >= 11 is 0. The second kappa shape index (κ2) is 5.83. The van der Waals surface area contributed by atoms with Crippen molar-refractivity contribution < 1.29 is 5.11 Å². The van der Waals surface area contributed by atoms with Crippen molar-refractivity contribution in [2.24, 2.45) is 0 Å². The van der Waals surface area contributed by atoms with Crippen LogP contribution in [0.1, 0.15) is 26.3 Å². The molecule has 0 saturated carbocycles. The first-order chi connectivity index (χ1) is 7.15. The van der Waals surface area contributed by atoms with E-state index in [1.165, 1.54) is 5.56 Å². The highest BCUT2D eigenvalue weighted by molar-refractivity contribution is 5.09. The lowest BCUT2D eigenvalue weighted by Gasteiger charge is -2.29. The van der Waals surface area contributed by atoms with Crippen LogP contribution in [0, 0.1) is 0 Å². The lowest BCUT2D eigenvalue weighted by Crippen LogP contribution is -2.39. The molecule has 1 aromatic rings. The molecule has 1 heterocycles. The van der Waals surface area contributed by atoms with E-state index in [9.17, 15) is 5.11 Å². The summed E-state index contributed by atoms with van der Waals surface area (Å²) in [6, 6.07) is 4.21. The Morgan fingerprint density at radius 2 is 1.93 bits per heavy atom. The van der Waals surface area contributed by atoms with Crippen LogP contribution in [-0.2, 0) is 6.54 Å². The number of hydrogen-bond donors (Lipinski definition) is 1. The fourth-order valence-electron chi connectivity index (χ4n) is 1.57. The molecular weight excluding hydrogens is 188 g/mol. The smallest absolute Gasteiger partial charge is 0.0664 e. The van der Waals surface area contributed by atoms with Crippen molar-refractivity contribution in [3.05, 3.63) is 30.1 Å². The molecule has 1 rings (SSSR count). The molecule has 0 aliphatic carbocycles. The van der Waals surface area contributed by atoms with E-state index in [1.54, 1.807) is 12.4 Å². The van der Waals surface area contributed by atoms with Gasteiger partial charge in [0, 0.05) is 25.0 Å². The zero-order chi connectivity index (χ0) is 11.3. The molecule has 0 saturated heterocycles. The number of likely N-dealkylation sites (N-methyl/N-ethyl adjacent to an activating group) is 1. The Balaban J connectivity index is 2.62. The molecule has 2 atom stereocenters. The lowest BCUT2D eigenvalue weighted by atomic mass is 10.1. The van der Waals surface area contributed by atoms with Crippen LogP contribution in [-0.4, -0.2) is 33.7 Å². The van der Waals surface area contributed by atoms with Crippen LogP contribution in [0.4, 0.5) is 0 Å². The summed E-state index contributed by atoms with van der Waals surface area (Å²) < 4.78 is 0. The molecule has 0 fully saturated rings. The zero-order valence-electron chi connectivity index (χ0n) is 9.72. The number of nitrogens with zero attached hydrogens (tertiary/aromatic N) is 2. The molecule has 0 bridgehead atoms. The van der Waals surface area contributed by atoms with E-state index in [4.69, 9.17) is 0 Å². The van der Waals surface area contributed by atoms with Gasteiger partial charge in [-0.15, -0.1) is 0 Å². The van der Waals surface area contributed by atoms with Crippen molar-refractivity contribution in [2.45, 2.75) is 39.5 Å². The van der Waals surface area contributed by atoms with Gasteiger partial charge in [0.25, 0.3) is 0 Å². The van der Waals surface area contributed by atoms with Crippen molar-refractivity contribution >= 4 is 0 Å². The molecule has 0 aliphatic rings. The molecule has 1 aromatic heterocycles. The predicted octanol–water partition coefficient (Wildman–Crippen LogP) is 1.67. The van der Waals surface area contributed by atoms with Gasteiger partial charge in [-0.2, -0.15) is 0 Å². The minimum Gasteiger partial charge on any atom is -0.392 e. The summed E-state index contributed by atoms with van der Waals surface area (Å²) in [4.78, 5) is 6.24. The fourth-order valence-corrected chi connectivity index (χ4v) is 1.57. The Morgan fingerprint density at radius 3 is 2.40 bits per heavy atom. The van der Waals surface area contributed by atoms with E-state index in [-0.39, 0.29) is 12.1 Å². The van der Waals surface area contributed by atoms with Crippen LogP contribution in [0.5, 0.6) is 0 Å². The average molecular weight is 208 g/mol. The van der Waals surface area contributed by atoms with Gasteiger partial charge in [0.05, 0.1) is 6.10 Å². The van der Waals surface area contributed by atoms with Crippen LogP contribution in [0.15, 0.2) is 24.5 Å². The molecule has 0 aliphatic heterocycles. The lowest BCUT2D eigenvalue weighted by molar-refractivity contribution is 0.0694. The molecule has 0 aromatic carbocycles. The van der Waals surface area contributed by atoms with Crippen LogP contribution >= 0.6 is 0 Å². The van der Waals surface area contributed by atoms with E-state index >= 15 is 0 Å². The van der Waals surface area contributed by atoms with Crippen molar-refractivity contribution in [1.82, 2.24) is 9.88 Å². The quantitative estimate of drug-likeness (QED) is 0.799. The van der Waals surface area contributed by atoms with Crippen molar-refractivity contribution in [3.63, 3.8) is 0 Å². The van der Waals surface area contributed by atoms with E-state index in [1.807, 2.05) is 19.1 Å². The Hall–Kier alpha value is -0.930. The Kier molecular flexibility index (Phi) is 4.72. The second-order valence-corrected chi connectivity index (χ2v) is 3.90. The molecule has 0 radical (unpaired) electrons. The fraction of sp³-hybridized carbons (Fsp3) is 0.583. The van der Waals surface area contributed by atoms with Crippen LogP contribution in [0.2, 0.25) is 0 Å². The minimum atomic E-state index is -0.299.